The van der Waals surface area contributed by atoms with Crippen LogP contribution in [-0.2, 0) is 4.74 Å². The third-order valence-corrected chi connectivity index (χ3v) is 4.68. The molecule has 1 rings (SSSR count). The molecule has 0 aliphatic heterocycles. The number of rotatable bonds is 5. The van der Waals surface area contributed by atoms with Gasteiger partial charge in [0.05, 0.1) is 0 Å². The smallest absolute Gasteiger partial charge is 0.407 e. The van der Waals surface area contributed by atoms with Crippen molar-refractivity contribution in [2.45, 2.75) is 84.0 Å². The van der Waals surface area contributed by atoms with Gasteiger partial charge in [-0.3, -0.25) is 4.90 Å². The van der Waals surface area contributed by atoms with Gasteiger partial charge in [-0.1, -0.05) is 19.8 Å². The van der Waals surface area contributed by atoms with Crippen LogP contribution >= 0.6 is 0 Å². The zero-order valence-electron chi connectivity index (χ0n) is 15.2. The lowest BCUT2D eigenvalue weighted by Gasteiger charge is -2.42. The van der Waals surface area contributed by atoms with Crippen molar-refractivity contribution < 1.29 is 9.53 Å². The zero-order chi connectivity index (χ0) is 16.9. The Balaban J connectivity index is 2.63. The van der Waals surface area contributed by atoms with E-state index < -0.39 is 5.60 Å². The van der Waals surface area contributed by atoms with Crippen molar-refractivity contribution in [3.8, 4) is 0 Å². The number of hydrogen-bond acceptors (Lipinski definition) is 4. The third kappa shape index (κ3) is 5.76. The maximum atomic E-state index is 12.0. The van der Waals surface area contributed by atoms with E-state index in [0.717, 1.165) is 0 Å². The average molecular weight is 313 g/mol. The number of alkyl carbamates (subject to hydrolysis) is 1. The molecule has 0 spiro atoms. The predicted octanol–water partition coefficient (Wildman–Crippen LogP) is 2.74. The van der Waals surface area contributed by atoms with Gasteiger partial charge >= 0.3 is 6.09 Å². The minimum atomic E-state index is -0.480. The van der Waals surface area contributed by atoms with Crippen molar-refractivity contribution in [3.05, 3.63) is 0 Å². The molecule has 1 aliphatic carbocycles. The summed E-state index contributed by atoms with van der Waals surface area (Å²) in [6, 6.07) is 0.627. The van der Waals surface area contributed by atoms with E-state index in [1.165, 1.54) is 25.7 Å². The fourth-order valence-corrected chi connectivity index (χ4v) is 3.46. The number of ether oxygens (including phenoxy) is 1. The molecule has 1 saturated carbocycles. The highest BCUT2D eigenvalue weighted by Gasteiger charge is 2.32. The first-order valence-corrected chi connectivity index (χ1v) is 8.57. The van der Waals surface area contributed by atoms with Gasteiger partial charge in [0.15, 0.2) is 0 Å². The number of nitrogens with one attached hydrogen (secondary N) is 1. The zero-order valence-corrected chi connectivity index (χ0v) is 15.2. The number of hydrogen-bond donors (Lipinski definition) is 2. The van der Waals surface area contributed by atoms with Crippen LogP contribution in [0, 0.1) is 5.92 Å². The highest BCUT2D eigenvalue weighted by Crippen LogP contribution is 2.28. The van der Waals surface area contributed by atoms with Crippen LogP contribution in [0.5, 0.6) is 0 Å². The number of nitrogens with zero attached hydrogens (tertiary/aromatic N) is 1. The van der Waals surface area contributed by atoms with Gasteiger partial charge in [-0.15, -0.1) is 0 Å². The summed E-state index contributed by atoms with van der Waals surface area (Å²) in [6.45, 7) is 10.5. The minimum Gasteiger partial charge on any atom is -0.444 e. The molecule has 0 aromatic rings. The van der Waals surface area contributed by atoms with Crippen LogP contribution in [0.1, 0.15) is 60.3 Å². The topological polar surface area (TPSA) is 67.6 Å². The Hall–Kier alpha value is -0.810. The van der Waals surface area contributed by atoms with Crippen LogP contribution < -0.4 is 11.1 Å². The summed E-state index contributed by atoms with van der Waals surface area (Å²) in [5.74, 6) is 0.682. The lowest BCUT2D eigenvalue weighted by molar-refractivity contribution is 0.0424. The molecule has 0 bridgehead atoms. The Morgan fingerprint density at radius 2 is 1.95 bits per heavy atom. The van der Waals surface area contributed by atoms with E-state index in [4.69, 9.17) is 10.5 Å². The highest BCUT2D eigenvalue weighted by molar-refractivity contribution is 5.68. The normalized spacial score (nSPS) is 25.6. The molecule has 1 fully saturated rings. The van der Waals surface area contributed by atoms with Gasteiger partial charge in [-0.25, -0.2) is 4.79 Å². The maximum Gasteiger partial charge on any atom is 0.407 e. The van der Waals surface area contributed by atoms with Crippen molar-refractivity contribution in [3.63, 3.8) is 0 Å². The predicted molar refractivity (Wildman–Crippen MR) is 90.9 cm³/mol. The lowest BCUT2D eigenvalue weighted by atomic mass is 9.84. The van der Waals surface area contributed by atoms with Crippen molar-refractivity contribution in [1.29, 1.82) is 0 Å². The lowest BCUT2D eigenvalue weighted by Crippen LogP contribution is -2.57. The summed E-state index contributed by atoms with van der Waals surface area (Å²) in [7, 11) is 2.14. The molecule has 0 saturated heterocycles. The van der Waals surface area contributed by atoms with Crippen molar-refractivity contribution in [2.24, 2.45) is 11.7 Å². The average Bonchev–Trinajstić information content (AvgIpc) is 2.37. The minimum absolute atomic E-state index is 0.0426. The molecule has 22 heavy (non-hydrogen) atoms. The third-order valence-electron chi connectivity index (χ3n) is 4.68. The van der Waals surface area contributed by atoms with E-state index in [0.29, 0.717) is 18.5 Å². The van der Waals surface area contributed by atoms with E-state index in [9.17, 15) is 4.79 Å². The second kappa shape index (κ2) is 8.16. The Kier molecular flexibility index (Phi) is 7.13. The molecular formula is C17H35N3O2. The van der Waals surface area contributed by atoms with Gasteiger partial charge in [-0.2, -0.15) is 0 Å². The standard InChI is InChI=1S/C17H35N3O2/c1-12-9-7-8-10-14(12)20(6)15(11-18)13(2)19-16(21)22-17(3,4)5/h12-15H,7-11,18H2,1-6H3,(H,19,21). The number of likely N-dealkylation sites (N-methyl/N-ethyl adjacent to an activating group) is 1. The molecule has 0 radical (unpaired) electrons. The highest BCUT2D eigenvalue weighted by atomic mass is 16.6. The molecule has 5 nitrogen and oxygen atoms in total. The van der Waals surface area contributed by atoms with Crippen LogP contribution in [0.15, 0.2) is 0 Å². The van der Waals surface area contributed by atoms with E-state index in [2.05, 4.69) is 24.2 Å². The quantitative estimate of drug-likeness (QED) is 0.819. The number of carbonyl (C=O) groups excluding carboxylic acids is 1. The maximum absolute atomic E-state index is 12.0. The molecular weight excluding hydrogens is 278 g/mol. The van der Waals surface area contributed by atoms with Crippen LogP contribution in [0.4, 0.5) is 4.79 Å². The molecule has 0 aromatic heterocycles. The molecule has 1 aliphatic rings. The first-order valence-electron chi connectivity index (χ1n) is 8.57. The van der Waals surface area contributed by atoms with Crippen molar-refractivity contribution >= 4 is 6.09 Å². The summed E-state index contributed by atoms with van der Waals surface area (Å²) >= 11 is 0. The molecule has 0 aromatic carbocycles. The van der Waals surface area contributed by atoms with Gasteiger partial charge in [-0.05, 0) is 53.5 Å². The number of nitrogens with two attached hydrogens (primary N) is 1. The first-order chi connectivity index (χ1) is 10.2. The largest absolute Gasteiger partial charge is 0.444 e. The van der Waals surface area contributed by atoms with E-state index in [1.54, 1.807) is 0 Å². The van der Waals surface area contributed by atoms with Crippen LogP contribution in [-0.4, -0.2) is 48.3 Å². The molecule has 0 heterocycles. The molecule has 1 amide bonds. The van der Waals surface area contributed by atoms with Crippen LogP contribution in [0.25, 0.3) is 0 Å². The molecule has 4 atom stereocenters. The van der Waals surface area contributed by atoms with E-state index in [1.807, 2.05) is 27.7 Å². The van der Waals surface area contributed by atoms with E-state index >= 15 is 0 Å². The van der Waals surface area contributed by atoms with Gasteiger partial charge in [0, 0.05) is 24.7 Å². The Labute approximate surface area is 135 Å². The van der Waals surface area contributed by atoms with Crippen molar-refractivity contribution in [2.75, 3.05) is 13.6 Å². The Morgan fingerprint density at radius 1 is 1.36 bits per heavy atom. The fourth-order valence-electron chi connectivity index (χ4n) is 3.46. The van der Waals surface area contributed by atoms with Gasteiger partial charge in [0.2, 0.25) is 0 Å². The fraction of sp³-hybridized carbons (Fsp3) is 0.941. The molecule has 5 heteroatoms. The van der Waals surface area contributed by atoms with Gasteiger partial charge in [0.1, 0.15) is 5.60 Å². The van der Waals surface area contributed by atoms with Gasteiger partial charge in [0.25, 0.3) is 0 Å². The summed E-state index contributed by atoms with van der Waals surface area (Å²) < 4.78 is 5.34. The second-order valence-electron chi connectivity index (χ2n) is 7.73. The molecule has 3 N–H and O–H groups in total. The number of amides is 1. The summed E-state index contributed by atoms with van der Waals surface area (Å²) in [6.07, 6.45) is 4.73. The molecule has 4 unspecified atom stereocenters. The summed E-state index contributed by atoms with van der Waals surface area (Å²) in [5, 5.41) is 2.94. The van der Waals surface area contributed by atoms with E-state index in [-0.39, 0.29) is 18.2 Å². The van der Waals surface area contributed by atoms with Crippen LogP contribution in [0.3, 0.4) is 0 Å². The van der Waals surface area contributed by atoms with Crippen molar-refractivity contribution in [1.82, 2.24) is 10.2 Å². The summed E-state index contributed by atoms with van der Waals surface area (Å²) in [5.41, 5.74) is 5.52. The Bertz CT molecular complexity index is 354. The molecule has 130 valence electrons. The van der Waals surface area contributed by atoms with Gasteiger partial charge < -0.3 is 15.8 Å². The summed E-state index contributed by atoms with van der Waals surface area (Å²) in [4.78, 5) is 14.3. The Morgan fingerprint density at radius 3 is 2.45 bits per heavy atom. The first kappa shape index (κ1) is 19.2. The SMILES string of the molecule is CC1CCCCC1N(C)C(CN)C(C)NC(=O)OC(C)(C)C. The monoisotopic (exact) mass is 313 g/mol. The number of carbonyl (C=O) groups is 1. The van der Waals surface area contributed by atoms with Crippen LogP contribution in [0.2, 0.25) is 0 Å². The second-order valence-corrected chi connectivity index (χ2v) is 7.73.